The van der Waals surface area contributed by atoms with Crippen LogP contribution in [0.4, 0.5) is 0 Å². The van der Waals surface area contributed by atoms with Gasteiger partial charge in [-0.2, -0.15) is 0 Å². The zero-order valence-electron chi connectivity index (χ0n) is 7.95. The van der Waals surface area contributed by atoms with E-state index in [2.05, 4.69) is 0 Å². The standard InChI is InChI=1S/C11H14O2.Ca.2H/c1-3-11(2,10(12)13)9-7-5-4-6-8-9;;;/h4-8H,3H2,1-2H3,(H,12,13);;;. The van der Waals surface area contributed by atoms with Crippen molar-refractivity contribution in [2.75, 3.05) is 0 Å². The second-order valence-electron chi connectivity index (χ2n) is 3.36. The molecule has 0 bridgehead atoms. The molecule has 0 fully saturated rings. The Balaban J connectivity index is 0.00000169. The van der Waals surface area contributed by atoms with E-state index in [4.69, 9.17) is 5.11 Å². The summed E-state index contributed by atoms with van der Waals surface area (Å²) in [4.78, 5) is 11.1. The number of aliphatic carboxylic acids is 1. The van der Waals surface area contributed by atoms with E-state index in [9.17, 15) is 4.79 Å². The Labute approximate surface area is 114 Å². The van der Waals surface area contributed by atoms with E-state index in [-0.39, 0.29) is 37.7 Å². The van der Waals surface area contributed by atoms with E-state index in [1.807, 2.05) is 37.3 Å². The fraction of sp³-hybridized carbons (Fsp3) is 0.364. The van der Waals surface area contributed by atoms with Gasteiger partial charge < -0.3 is 5.11 Å². The molecule has 0 saturated heterocycles. The third-order valence-electron chi connectivity index (χ3n) is 2.59. The summed E-state index contributed by atoms with van der Waals surface area (Å²) in [6.07, 6.45) is 0.604. The fourth-order valence-corrected chi connectivity index (χ4v) is 1.28. The molecule has 0 aliphatic rings. The first-order valence-electron chi connectivity index (χ1n) is 4.40. The molecule has 74 valence electrons. The first-order valence-corrected chi connectivity index (χ1v) is 4.40. The number of rotatable bonds is 3. The maximum atomic E-state index is 11.1. The minimum absolute atomic E-state index is 0. The quantitative estimate of drug-likeness (QED) is 0.784. The number of carboxylic acid groups (broad SMARTS) is 1. The molecular weight excluding hydrogens is 204 g/mol. The molecule has 0 amide bonds. The topological polar surface area (TPSA) is 37.3 Å². The predicted molar refractivity (Wildman–Crippen MR) is 60.3 cm³/mol. The maximum absolute atomic E-state index is 11.1. The minimum atomic E-state index is -0.763. The van der Waals surface area contributed by atoms with E-state index in [0.29, 0.717) is 6.42 Å². The van der Waals surface area contributed by atoms with Crippen LogP contribution in [0, 0.1) is 0 Å². The van der Waals surface area contributed by atoms with Gasteiger partial charge in [0.2, 0.25) is 0 Å². The van der Waals surface area contributed by atoms with Gasteiger partial charge in [-0.25, -0.2) is 0 Å². The molecule has 0 aliphatic heterocycles. The Kier molecular flexibility index (Phi) is 5.72. The Morgan fingerprint density at radius 1 is 1.36 bits per heavy atom. The number of benzene rings is 1. The average molecular weight is 220 g/mol. The molecule has 1 unspecified atom stereocenters. The molecule has 1 atom stereocenters. The van der Waals surface area contributed by atoms with Crippen LogP contribution in [-0.4, -0.2) is 48.8 Å². The van der Waals surface area contributed by atoms with Gasteiger partial charge >= 0.3 is 43.7 Å². The van der Waals surface area contributed by atoms with Crippen LogP contribution in [0.2, 0.25) is 0 Å². The van der Waals surface area contributed by atoms with Gasteiger partial charge in [-0.05, 0) is 18.9 Å². The van der Waals surface area contributed by atoms with Gasteiger partial charge in [-0.15, -0.1) is 0 Å². The first-order chi connectivity index (χ1) is 6.11. The summed E-state index contributed by atoms with van der Waals surface area (Å²) in [5, 5.41) is 9.09. The van der Waals surface area contributed by atoms with Crippen molar-refractivity contribution in [3.8, 4) is 0 Å². The van der Waals surface area contributed by atoms with Crippen molar-refractivity contribution in [1.29, 1.82) is 0 Å². The van der Waals surface area contributed by atoms with Crippen molar-refractivity contribution in [2.45, 2.75) is 25.7 Å². The Morgan fingerprint density at radius 2 is 1.86 bits per heavy atom. The molecule has 14 heavy (non-hydrogen) atoms. The van der Waals surface area contributed by atoms with Gasteiger partial charge in [0.1, 0.15) is 0 Å². The van der Waals surface area contributed by atoms with E-state index < -0.39 is 11.4 Å². The van der Waals surface area contributed by atoms with Crippen molar-refractivity contribution in [3.63, 3.8) is 0 Å². The second-order valence-corrected chi connectivity index (χ2v) is 3.36. The van der Waals surface area contributed by atoms with Crippen LogP contribution in [0.5, 0.6) is 0 Å². The van der Waals surface area contributed by atoms with E-state index in [1.165, 1.54) is 0 Å². The van der Waals surface area contributed by atoms with Crippen molar-refractivity contribution in [2.24, 2.45) is 0 Å². The number of carboxylic acids is 1. The molecule has 1 aromatic rings. The monoisotopic (exact) mass is 220 g/mol. The molecular formula is C11H16CaO2. The van der Waals surface area contributed by atoms with Crippen molar-refractivity contribution >= 4 is 43.7 Å². The summed E-state index contributed by atoms with van der Waals surface area (Å²) >= 11 is 0. The van der Waals surface area contributed by atoms with Gasteiger partial charge in [-0.3, -0.25) is 4.79 Å². The van der Waals surface area contributed by atoms with Crippen molar-refractivity contribution < 1.29 is 9.90 Å². The van der Waals surface area contributed by atoms with Crippen LogP contribution < -0.4 is 0 Å². The number of hydrogen-bond donors (Lipinski definition) is 1. The molecule has 1 aromatic carbocycles. The third-order valence-corrected chi connectivity index (χ3v) is 2.59. The summed E-state index contributed by atoms with van der Waals surface area (Å²) in [6.45, 7) is 3.64. The Bertz CT molecular complexity index is 297. The summed E-state index contributed by atoms with van der Waals surface area (Å²) in [5.41, 5.74) is 0.117. The molecule has 0 saturated carbocycles. The average Bonchev–Trinajstić information content (AvgIpc) is 2.17. The molecule has 0 heterocycles. The van der Waals surface area contributed by atoms with Crippen LogP contribution in [0.3, 0.4) is 0 Å². The zero-order valence-corrected chi connectivity index (χ0v) is 7.95. The van der Waals surface area contributed by atoms with Crippen LogP contribution in [-0.2, 0) is 10.2 Å². The first kappa shape index (κ1) is 13.9. The molecule has 0 aliphatic carbocycles. The predicted octanol–water partition coefficient (Wildman–Crippen LogP) is 1.52. The van der Waals surface area contributed by atoms with Gasteiger partial charge in [0.25, 0.3) is 0 Å². The van der Waals surface area contributed by atoms with E-state index >= 15 is 0 Å². The van der Waals surface area contributed by atoms with Gasteiger partial charge in [0, 0.05) is 0 Å². The third kappa shape index (κ3) is 2.72. The second kappa shape index (κ2) is 5.74. The summed E-state index contributed by atoms with van der Waals surface area (Å²) in [6, 6.07) is 9.34. The van der Waals surface area contributed by atoms with Crippen LogP contribution in [0.1, 0.15) is 25.8 Å². The molecule has 1 rings (SSSR count). The van der Waals surface area contributed by atoms with E-state index in [1.54, 1.807) is 6.92 Å². The summed E-state index contributed by atoms with van der Waals surface area (Å²) in [5.74, 6) is -0.763. The van der Waals surface area contributed by atoms with Gasteiger partial charge in [0.15, 0.2) is 0 Å². The normalized spacial score (nSPS) is 13.9. The zero-order chi connectivity index (χ0) is 9.90. The summed E-state index contributed by atoms with van der Waals surface area (Å²) < 4.78 is 0. The van der Waals surface area contributed by atoms with E-state index in [0.717, 1.165) is 5.56 Å². The molecule has 2 nitrogen and oxygen atoms in total. The Hall–Kier alpha value is -0.0503. The molecule has 0 spiro atoms. The number of hydrogen-bond acceptors (Lipinski definition) is 1. The van der Waals surface area contributed by atoms with Crippen molar-refractivity contribution in [1.82, 2.24) is 0 Å². The van der Waals surface area contributed by atoms with Crippen LogP contribution >= 0.6 is 0 Å². The number of carbonyl (C=O) groups is 1. The summed E-state index contributed by atoms with van der Waals surface area (Å²) in [7, 11) is 0. The SMILES string of the molecule is CCC(C)(C(=O)O)c1ccccc1.[CaH2]. The molecule has 0 radical (unpaired) electrons. The van der Waals surface area contributed by atoms with Crippen molar-refractivity contribution in [3.05, 3.63) is 35.9 Å². The van der Waals surface area contributed by atoms with Crippen LogP contribution in [0.15, 0.2) is 30.3 Å². The molecule has 0 aromatic heterocycles. The fourth-order valence-electron chi connectivity index (χ4n) is 1.28. The molecule has 1 N–H and O–H groups in total. The molecule has 3 heteroatoms. The van der Waals surface area contributed by atoms with Gasteiger partial charge in [0.05, 0.1) is 5.41 Å². The van der Waals surface area contributed by atoms with Crippen LogP contribution in [0.25, 0.3) is 0 Å². The van der Waals surface area contributed by atoms with Gasteiger partial charge in [-0.1, -0.05) is 37.3 Å². The Morgan fingerprint density at radius 3 is 2.21 bits per heavy atom.